The zero-order chi connectivity index (χ0) is 27.8. The van der Waals surface area contributed by atoms with Crippen molar-refractivity contribution in [3.8, 4) is 0 Å². The van der Waals surface area contributed by atoms with Crippen LogP contribution in [0.3, 0.4) is 0 Å². The van der Waals surface area contributed by atoms with E-state index in [0.717, 1.165) is 4.90 Å². The highest BCUT2D eigenvalue weighted by atomic mass is 80.0. The summed E-state index contributed by atoms with van der Waals surface area (Å²) in [5.74, 6) is -4.58. The van der Waals surface area contributed by atoms with Crippen LogP contribution in [0.15, 0.2) is 24.3 Å². The third-order valence-electron chi connectivity index (χ3n) is 5.82. The second-order valence-electron chi connectivity index (χ2n) is 8.74. The fourth-order valence-electron chi connectivity index (χ4n) is 4.08. The lowest BCUT2D eigenvalue weighted by molar-refractivity contribution is -0.177. The van der Waals surface area contributed by atoms with Crippen molar-refractivity contribution >= 4 is 77.1 Å². The van der Waals surface area contributed by atoms with Crippen molar-refractivity contribution in [2.24, 2.45) is 0 Å². The standard InChI is InChI=1S/C21H24Br3F4N5O4/c1-12(34)29-9-15-10-32(18(36)37-15)14-5-3-13(4-6-14)31-7-8-33(19(2,25)11-31)16(20(22,23)24)30-17(35)21(26,27)28/h3-6,15-16H,7-11H2,1-2H3,(H,29,34)(H,30,35). The summed E-state index contributed by atoms with van der Waals surface area (Å²) in [4.78, 5) is 39.2. The van der Waals surface area contributed by atoms with Crippen LogP contribution in [0.4, 0.5) is 33.7 Å². The highest BCUT2D eigenvalue weighted by molar-refractivity contribution is 9.39. The van der Waals surface area contributed by atoms with Crippen molar-refractivity contribution < 1.29 is 36.7 Å². The summed E-state index contributed by atoms with van der Waals surface area (Å²) in [5.41, 5.74) is 1.19. The van der Waals surface area contributed by atoms with E-state index in [1.807, 2.05) is 5.32 Å². The van der Waals surface area contributed by atoms with Gasteiger partial charge in [0.15, 0.2) is 7.94 Å². The Hall–Kier alpha value is -1.65. The highest BCUT2D eigenvalue weighted by Gasteiger charge is 2.51. The van der Waals surface area contributed by atoms with Crippen molar-refractivity contribution in [3.63, 3.8) is 0 Å². The van der Waals surface area contributed by atoms with E-state index >= 15 is 4.39 Å². The van der Waals surface area contributed by atoms with Crippen molar-refractivity contribution in [2.45, 2.75) is 40.2 Å². The topological polar surface area (TPSA) is 94.2 Å². The molecule has 0 radical (unpaired) electrons. The predicted molar refractivity (Wildman–Crippen MR) is 139 cm³/mol. The Balaban J connectivity index is 1.69. The number of benzene rings is 1. The molecule has 0 aromatic heterocycles. The first-order chi connectivity index (χ1) is 17.0. The van der Waals surface area contributed by atoms with Crippen LogP contribution in [0.1, 0.15) is 13.8 Å². The van der Waals surface area contributed by atoms with E-state index in [0.29, 0.717) is 11.4 Å². The van der Waals surface area contributed by atoms with Gasteiger partial charge in [0.05, 0.1) is 19.6 Å². The Morgan fingerprint density at radius 2 is 1.76 bits per heavy atom. The van der Waals surface area contributed by atoms with Gasteiger partial charge in [-0.3, -0.25) is 14.5 Å². The Kier molecular flexibility index (Phi) is 9.07. The SMILES string of the molecule is CC(=O)NCC1CN(c2ccc(N3CCN(C(NC(=O)C(F)(F)F)C(Br)(Br)Br)C(C)(F)C3)cc2)C(=O)O1. The zero-order valence-electron chi connectivity index (χ0n) is 19.6. The van der Waals surface area contributed by atoms with E-state index in [1.54, 1.807) is 29.2 Å². The summed E-state index contributed by atoms with van der Waals surface area (Å²) >= 11 is 9.36. The lowest BCUT2D eigenvalue weighted by Crippen LogP contribution is -2.68. The summed E-state index contributed by atoms with van der Waals surface area (Å²) in [6, 6.07) is 6.74. The third-order valence-corrected chi connectivity index (χ3v) is 7.12. The number of nitrogens with one attached hydrogen (secondary N) is 2. The van der Waals surface area contributed by atoms with Gasteiger partial charge in [-0.05, 0) is 31.2 Å². The normalized spacial score (nSPS) is 24.0. The molecule has 1 aromatic rings. The number of hydrogen-bond donors (Lipinski definition) is 2. The minimum absolute atomic E-state index is 0.0224. The van der Waals surface area contributed by atoms with Crippen molar-refractivity contribution in [2.75, 3.05) is 42.5 Å². The number of piperazine rings is 1. The molecule has 37 heavy (non-hydrogen) atoms. The van der Waals surface area contributed by atoms with Gasteiger partial charge in [-0.1, -0.05) is 47.8 Å². The third kappa shape index (κ3) is 7.47. The molecule has 16 heteroatoms. The summed E-state index contributed by atoms with van der Waals surface area (Å²) < 4.78 is 58.3. The summed E-state index contributed by atoms with van der Waals surface area (Å²) in [7, 11) is 0. The second kappa shape index (κ2) is 11.2. The van der Waals surface area contributed by atoms with E-state index in [2.05, 4.69) is 53.1 Å². The molecule has 3 atom stereocenters. The molecule has 2 fully saturated rings. The molecule has 206 valence electrons. The van der Waals surface area contributed by atoms with Gasteiger partial charge in [-0.2, -0.15) is 13.2 Å². The maximum Gasteiger partial charge on any atom is 0.471 e. The highest BCUT2D eigenvalue weighted by Crippen LogP contribution is 2.42. The maximum atomic E-state index is 15.8. The fourth-order valence-corrected chi connectivity index (χ4v) is 5.17. The maximum absolute atomic E-state index is 15.8. The average molecular weight is 726 g/mol. The van der Waals surface area contributed by atoms with Crippen LogP contribution in [0, 0.1) is 0 Å². The predicted octanol–water partition coefficient (Wildman–Crippen LogP) is 3.80. The van der Waals surface area contributed by atoms with Crippen LogP contribution in [0.2, 0.25) is 0 Å². The molecule has 0 bridgehead atoms. The molecule has 2 saturated heterocycles. The quantitative estimate of drug-likeness (QED) is 0.264. The van der Waals surface area contributed by atoms with Crippen molar-refractivity contribution in [1.29, 1.82) is 0 Å². The molecule has 3 amide bonds. The number of alkyl halides is 7. The molecule has 0 spiro atoms. The molecule has 0 aliphatic carbocycles. The smallest absolute Gasteiger partial charge is 0.442 e. The largest absolute Gasteiger partial charge is 0.471 e. The molecule has 9 nitrogen and oxygen atoms in total. The van der Waals surface area contributed by atoms with Crippen LogP contribution in [0.25, 0.3) is 0 Å². The van der Waals surface area contributed by atoms with Crippen LogP contribution >= 0.6 is 47.8 Å². The van der Waals surface area contributed by atoms with Crippen LogP contribution in [-0.2, 0) is 14.3 Å². The van der Waals surface area contributed by atoms with Gasteiger partial charge in [0.2, 0.25) is 5.91 Å². The molecule has 3 unspecified atom stereocenters. The van der Waals surface area contributed by atoms with E-state index in [4.69, 9.17) is 4.74 Å². The summed E-state index contributed by atoms with van der Waals surface area (Å²) in [6.45, 7) is 3.03. The number of rotatable bonds is 6. The van der Waals surface area contributed by atoms with Gasteiger partial charge >= 0.3 is 18.2 Å². The number of anilines is 2. The van der Waals surface area contributed by atoms with Gasteiger partial charge in [-0.25, -0.2) is 14.1 Å². The number of cyclic esters (lactones) is 1. The van der Waals surface area contributed by atoms with E-state index in [1.165, 1.54) is 18.7 Å². The van der Waals surface area contributed by atoms with Gasteiger partial charge in [0.1, 0.15) is 12.3 Å². The monoisotopic (exact) mass is 723 g/mol. The first-order valence-corrected chi connectivity index (χ1v) is 13.3. The first kappa shape index (κ1) is 29.9. The Morgan fingerprint density at radius 3 is 2.27 bits per heavy atom. The fraction of sp³-hybridized carbons (Fsp3) is 0.571. The molecule has 2 aliphatic heterocycles. The average Bonchev–Trinajstić information content (AvgIpc) is 3.15. The van der Waals surface area contributed by atoms with Crippen LogP contribution in [0.5, 0.6) is 0 Å². The minimum atomic E-state index is -5.14. The minimum Gasteiger partial charge on any atom is -0.442 e. The summed E-state index contributed by atoms with van der Waals surface area (Å²) in [5, 5.41) is 4.43. The van der Waals surface area contributed by atoms with E-state index in [9.17, 15) is 27.6 Å². The van der Waals surface area contributed by atoms with Gasteiger partial charge in [-0.15, -0.1) is 0 Å². The molecular formula is C21H24Br3F4N5O4. The zero-order valence-corrected chi connectivity index (χ0v) is 24.4. The van der Waals surface area contributed by atoms with Gasteiger partial charge in [0.25, 0.3) is 0 Å². The number of amides is 3. The van der Waals surface area contributed by atoms with Crippen molar-refractivity contribution in [3.05, 3.63) is 24.3 Å². The molecule has 2 heterocycles. The lowest BCUT2D eigenvalue weighted by atomic mass is 10.1. The number of carbonyl (C=O) groups excluding carboxylic acids is 3. The molecule has 1 aromatic carbocycles. The van der Waals surface area contributed by atoms with Crippen LogP contribution < -0.4 is 20.4 Å². The molecular weight excluding hydrogens is 702 g/mol. The van der Waals surface area contributed by atoms with Gasteiger partial charge < -0.3 is 20.3 Å². The number of hydrogen-bond acceptors (Lipinski definition) is 6. The molecule has 2 N–H and O–H groups in total. The molecule has 2 aliphatic rings. The number of halogens is 7. The van der Waals surface area contributed by atoms with E-state index in [-0.39, 0.29) is 38.6 Å². The number of nitrogens with zero attached hydrogens (tertiary/aromatic N) is 3. The molecule has 0 saturated carbocycles. The van der Waals surface area contributed by atoms with Crippen molar-refractivity contribution in [1.82, 2.24) is 15.5 Å². The number of carbonyl (C=O) groups is 3. The second-order valence-corrected chi connectivity index (χ2v) is 15.7. The number of ether oxygens (including phenoxy) is 1. The first-order valence-electron chi connectivity index (χ1n) is 11.0. The Labute approximate surface area is 235 Å². The molecule has 3 rings (SSSR count). The summed E-state index contributed by atoms with van der Waals surface area (Å²) in [6.07, 6.45) is -7.62. The van der Waals surface area contributed by atoms with E-state index < -0.39 is 38.4 Å². The van der Waals surface area contributed by atoms with Gasteiger partial charge in [0, 0.05) is 31.4 Å². The lowest BCUT2D eigenvalue weighted by Gasteiger charge is -2.49. The van der Waals surface area contributed by atoms with Crippen LogP contribution in [-0.4, -0.2) is 81.9 Å². The Bertz CT molecular complexity index is 1020. The Morgan fingerprint density at radius 1 is 1.16 bits per heavy atom.